The van der Waals surface area contributed by atoms with Crippen molar-refractivity contribution in [3.63, 3.8) is 0 Å². The zero-order valence-electron chi connectivity index (χ0n) is 17.6. The Balaban J connectivity index is 1.47. The minimum absolute atomic E-state index is 0.0109. The standard InChI is InChI=1S/C23H28N2O5/c1-16-4-6-19(7-5-16)30-15-22(26)25-10-8-18(9-11-25)24-23(27)17-12-20(28-2)14-21(13-17)29-3/h4-7,12-14,18H,8-11,15H2,1-3H3,(H,24,27). The number of hydrogen-bond donors (Lipinski definition) is 1. The normalized spacial score (nSPS) is 14.2. The summed E-state index contributed by atoms with van der Waals surface area (Å²) in [4.78, 5) is 26.8. The van der Waals surface area contributed by atoms with Gasteiger partial charge in [-0.15, -0.1) is 0 Å². The highest BCUT2D eigenvalue weighted by molar-refractivity contribution is 5.95. The third kappa shape index (κ3) is 5.65. The van der Waals surface area contributed by atoms with E-state index in [1.54, 1.807) is 37.3 Å². The quantitative estimate of drug-likeness (QED) is 0.757. The highest BCUT2D eigenvalue weighted by Crippen LogP contribution is 2.23. The molecular weight excluding hydrogens is 384 g/mol. The van der Waals surface area contributed by atoms with E-state index < -0.39 is 0 Å². The van der Waals surface area contributed by atoms with E-state index in [9.17, 15) is 9.59 Å². The first kappa shape index (κ1) is 21.5. The molecule has 0 spiro atoms. The molecule has 3 rings (SSSR count). The van der Waals surface area contributed by atoms with Crippen LogP contribution >= 0.6 is 0 Å². The fourth-order valence-corrected chi connectivity index (χ4v) is 3.35. The number of carbonyl (C=O) groups excluding carboxylic acids is 2. The van der Waals surface area contributed by atoms with E-state index >= 15 is 0 Å². The Labute approximate surface area is 176 Å². The number of nitrogens with one attached hydrogen (secondary N) is 1. The summed E-state index contributed by atoms with van der Waals surface area (Å²) in [5.41, 5.74) is 1.63. The first-order chi connectivity index (χ1) is 14.5. The van der Waals surface area contributed by atoms with E-state index in [4.69, 9.17) is 14.2 Å². The van der Waals surface area contributed by atoms with Crippen LogP contribution in [0.1, 0.15) is 28.8 Å². The molecule has 0 aromatic heterocycles. The zero-order valence-corrected chi connectivity index (χ0v) is 17.6. The summed E-state index contributed by atoms with van der Waals surface area (Å²) >= 11 is 0. The number of benzene rings is 2. The van der Waals surface area contributed by atoms with Crippen LogP contribution in [0, 0.1) is 6.92 Å². The van der Waals surface area contributed by atoms with E-state index in [-0.39, 0.29) is 24.5 Å². The van der Waals surface area contributed by atoms with Crippen molar-refractivity contribution in [2.45, 2.75) is 25.8 Å². The van der Waals surface area contributed by atoms with Gasteiger partial charge in [-0.2, -0.15) is 0 Å². The molecule has 1 aliphatic heterocycles. The van der Waals surface area contributed by atoms with Crippen LogP contribution in [0.15, 0.2) is 42.5 Å². The van der Waals surface area contributed by atoms with Crippen molar-refractivity contribution in [2.24, 2.45) is 0 Å². The zero-order chi connectivity index (χ0) is 21.5. The van der Waals surface area contributed by atoms with E-state index in [0.717, 1.165) is 5.56 Å². The van der Waals surface area contributed by atoms with Crippen LogP contribution in [0.3, 0.4) is 0 Å². The van der Waals surface area contributed by atoms with Gasteiger partial charge in [0.15, 0.2) is 6.61 Å². The van der Waals surface area contributed by atoms with Crippen molar-refractivity contribution in [3.8, 4) is 17.2 Å². The van der Waals surface area contributed by atoms with Gasteiger partial charge < -0.3 is 24.4 Å². The number of rotatable bonds is 7. The Hall–Kier alpha value is -3.22. The van der Waals surface area contributed by atoms with Gasteiger partial charge in [-0.1, -0.05) is 17.7 Å². The van der Waals surface area contributed by atoms with E-state index in [1.165, 1.54) is 0 Å². The maximum Gasteiger partial charge on any atom is 0.260 e. The SMILES string of the molecule is COc1cc(OC)cc(C(=O)NC2CCN(C(=O)COc3ccc(C)cc3)CC2)c1. The molecule has 1 heterocycles. The fourth-order valence-electron chi connectivity index (χ4n) is 3.35. The van der Waals surface area contributed by atoms with Crippen LogP contribution in [-0.2, 0) is 4.79 Å². The lowest BCUT2D eigenvalue weighted by Gasteiger charge is -2.32. The largest absolute Gasteiger partial charge is 0.497 e. The molecule has 160 valence electrons. The van der Waals surface area contributed by atoms with E-state index in [0.29, 0.717) is 48.7 Å². The Morgan fingerprint density at radius 1 is 0.967 bits per heavy atom. The third-order valence-corrected chi connectivity index (χ3v) is 5.18. The second kappa shape index (κ2) is 10.0. The minimum Gasteiger partial charge on any atom is -0.497 e. The first-order valence-corrected chi connectivity index (χ1v) is 9.99. The summed E-state index contributed by atoms with van der Waals surface area (Å²) in [6, 6.07) is 12.7. The van der Waals surface area contributed by atoms with Crippen molar-refractivity contribution >= 4 is 11.8 Å². The summed E-state index contributed by atoms with van der Waals surface area (Å²) < 4.78 is 16.0. The molecule has 1 aliphatic rings. The van der Waals surface area contributed by atoms with Gasteiger partial charge >= 0.3 is 0 Å². The molecule has 1 saturated heterocycles. The van der Waals surface area contributed by atoms with E-state index in [2.05, 4.69) is 5.32 Å². The molecule has 0 aliphatic carbocycles. The molecule has 0 bridgehead atoms. The molecule has 2 aromatic rings. The Morgan fingerprint density at radius 3 is 2.13 bits per heavy atom. The van der Waals surface area contributed by atoms with Crippen LogP contribution in [0.2, 0.25) is 0 Å². The number of ether oxygens (including phenoxy) is 3. The van der Waals surface area contributed by atoms with Gasteiger partial charge in [0.1, 0.15) is 17.2 Å². The molecule has 1 fully saturated rings. The van der Waals surface area contributed by atoms with Crippen molar-refractivity contribution in [2.75, 3.05) is 33.9 Å². The number of piperidine rings is 1. The molecule has 0 saturated carbocycles. The number of carbonyl (C=O) groups is 2. The Morgan fingerprint density at radius 2 is 1.57 bits per heavy atom. The van der Waals surface area contributed by atoms with Gasteiger partial charge in [-0.25, -0.2) is 0 Å². The van der Waals surface area contributed by atoms with Crippen molar-refractivity contribution in [1.82, 2.24) is 10.2 Å². The van der Waals surface area contributed by atoms with Gasteiger partial charge in [0.25, 0.3) is 11.8 Å². The molecule has 7 nitrogen and oxygen atoms in total. The van der Waals surface area contributed by atoms with Gasteiger partial charge in [0, 0.05) is 30.8 Å². The average Bonchev–Trinajstić information content (AvgIpc) is 2.78. The smallest absolute Gasteiger partial charge is 0.260 e. The number of nitrogens with zero attached hydrogens (tertiary/aromatic N) is 1. The third-order valence-electron chi connectivity index (χ3n) is 5.18. The maximum atomic E-state index is 12.6. The number of hydrogen-bond acceptors (Lipinski definition) is 5. The lowest BCUT2D eigenvalue weighted by molar-refractivity contribution is -0.134. The second-order valence-electron chi connectivity index (χ2n) is 7.33. The van der Waals surface area contributed by atoms with Crippen LogP contribution in [0.4, 0.5) is 0 Å². The number of likely N-dealkylation sites (tertiary alicyclic amines) is 1. The summed E-state index contributed by atoms with van der Waals surface area (Å²) in [6.45, 7) is 3.19. The maximum absolute atomic E-state index is 12.6. The van der Waals surface area contributed by atoms with Crippen LogP contribution in [0.5, 0.6) is 17.2 Å². The second-order valence-corrected chi connectivity index (χ2v) is 7.33. The van der Waals surface area contributed by atoms with Crippen molar-refractivity contribution in [1.29, 1.82) is 0 Å². The number of amides is 2. The van der Waals surface area contributed by atoms with Gasteiger partial charge in [0.05, 0.1) is 14.2 Å². The Bertz CT molecular complexity index is 851. The lowest BCUT2D eigenvalue weighted by atomic mass is 10.0. The summed E-state index contributed by atoms with van der Waals surface area (Å²) in [7, 11) is 3.09. The molecule has 30 heavy (non-hydrogen) atoms. The summed E-state index contributed by atoms with van der Waals surface area (Å²) in [6.07, 6.45) is 1.40. The first-order valence-electron chi connectivity index (χ1n) is 9.99. The summed E-state index contributed by atoms with van der Waals surface area (Å²) in [5.74, 6) is 1.59. The molecular formula is C23H28N2O5. The molecule has 0 unspecified atom stereocenters. The molecule has 0 radical (unpaired) electrons. The van der Waals surface area contributed by atoms with Crippen LogP contribution in [-0.4, -0.2) is 56.7 Å². The monoisotopic (exact) mass is 412 g/mol. The highest BCUT2D eigenvalue weighted by atomic mass is 16.5. The van der Waals surface area contributed by atoms with Gasteiger partial charge in [-0.05, 0) is 44.0 Å². The van der Waals surface area contributed by atoms with Crippen LogP contribution < -0.4 is 19.5 Å². The minimum atomic E-state index is -0.181. The van der Waals surface area contributed by atoms with Crippen molar-refractivity contribution in [3.05, 3.63) is 53.6 Å². The fraction of sp³-hybridized carbons (Fsp3) is 0.391. The molecule has 2 aromatic carbocycles. The number of methoxy groups -OCH3 is 2. The molecule has 1 N–H and O–H groups in total. The molecule has 0 atom stereocenters. The predicted molar refractivity (Wildman–Crippen MR) is 113 cm³/mol. The average molecular weight is 412 g/mol. The number of aryl methyl sites for hydroxylation is 1. The van der Waals surface area contributed by atoms with Crippen molar-refractivity contribution < 1.29 is 23.8 Å². The van der Waals surface area contributed by atoms with Crippen LogP contribution in [0.25, 0.3) is 0 Å². The topological polar surface area (TPSA) is 77.1 Å². The molecule has 2 amide bonds. The molecule has 7 heteroatoms. The van der Waals surface area contributed by atoms with Gasteiger partial charge in [-0.3, -0.25) is 9.59 Å². The predicted octanol–water partition coefficient (Wildman–Crippen LogP) is 2.81. The lowest BCUT2D eigenvalue weighted by Crippen LogP contribution is -2.47. The van der Waals surface area contributed by atoms with Gasteiger partial charge in [0.2, 0.25) is 0 Å². The van der Waals surface area contributed by atoms with E-state index in [1.807, 2.05) is 31.2 Å². The summed E-state index contributed by atoms with van der Waals surface area (Å²) in [5, 5.41) is 3.04. The Kier molecular flexibility index (Phi) is 7.17. The highest BCUT2D eigenvalue weighted by Gasteiger charge is 2.24.